The third-order valence-corrected chi connectivity index (χ3v) is 3.24. The van der Waals surface area contributed by atoms with E-state index in [9.17, 15) is 0 Å². The van der Waals surface area contributed by atoms with E-state index in [1.807, 2.05) is 24.3 Å². The Hall–Kier alpha value is -1.45. The van der Waals surface area contributed by atoms with Gasteiger partial charge in [-0.3, -0.25) is 10.7 Å². The van der Waals surface area contributed by atoms with Gasteiger partial charge in [-0.1, -0.05) is 17.7 Å². The lowest BCUT2D eigenvalue weighted by Gasteiger charge is -2.12. The largest absolute Gasteiger partial charge is 0.353 e. The number of fused-ring (bicyclic) bond motifs is 3. The van der Waals surface area contributed by atoms with Gasteiger partial charge in [-0.05, 0) is 36.6 Å². The van der Waals surface area contributed by atoms with Crippen LogP contribution < -0.4 is 5.48 Å². The molecule has 2 aromatic rings. The molecular weight excluding hydrogens is 224 g/mol. The lowest BCUT2D eigenvalue weighted by molar-refractivity contribution is 0.223. The van der Waals surface area contributed by atoms with Crippen molar-refractivity contribution in [1.82, 2.24) is 10.5 Å². The first-order valence-corrected chi connectivity index (χ1v) is 5.58. The van der Waals surface area contributed by atoms with Crippen LogP contribution in [-0.2, 0) is 6.42 Å². The van der Waals surface area contributed by atoms with Gasteiger partial charge >= 0.3 is 0 Å². The van der Waals surface area contributed by atoms with Crippen LogP contribution in [0, 0.1) is 0 Å². The highest BCUT2D eigenvalue weighted by Crippen LogP contribution is 2.32. The van der Waals surface area contributed by atoms with Crippen molar-refractivity contribution in [2.75, 3.05) is 0 Å². The normalized spacial score (nSPS) is 14.8. The first kappa shape index (κ1) is 9.75. The molecule has 0 aliphatic heterocycles. The number of hydroxylamine groups is 1. The number of rotatable bonds is 1. The molecule has 0 saturated heterocycles. The average molecular weight is 235 g/mol. The van der Waals surface area contributed by atoms with Crippen LogP contribution in [-0.4, -0.2) is 10.2 Å². The number of hydrogen-bond acceptors (Lipinski definition) is 2. The van der Waals surface area contributed by atoms with Crippen molar-refractivity contribution in [2.24, 2.45) is 0 Å². The van der Waals surface area contributed by atoms with Gasteiger partial charge in [0.2, 0.25) is 0 Å². The van der Waals surface area contributed by atoms with E-state index in [1.165, 1.54) is 5.56 Å². The average Bonchev–Trinajstić information content (AvgIpc) is 2.67. The molecular formula is C12H11ClN2O. The van der Waals surface area contributed by atoms with Gasteiger partial charge in [-0.2, -0.15) is 0 Å². The number of aromatic amines is 1. The zero-order chi connectivity index (χ0) is 11.1. The van der Waals surface area contributed by atoms with Gasteiger partial charge in [-0.15, -0.1) is 0 Å². The van der Waals surface area contributed by atoms with Crippen molar-refractivity contribution in [3.05, 3.63) is 40.6 Å². The van der Waals surface area contributed by atoms with Crippen molar-refractivity contribution >= 4 is 28.2 Å². The topological polar surface area (TPSA) is 48.0 Å². The minimum Gasteiger partial charge on any atom is -0.353 e. The van der Waals surface area contributed by atoms with E-state index in [1.54, 1.807) is 0 Å². The quantitative estimate of drug-likeness (QED) is 0.664. The molecule has 16 heavy (non-hydrogen) atoms. The van der Waals surface area contributed by atoms with Gasteiger partial charge in [0.25, 0.3) is 0 Å². The van der Waals surface area contributed by atoms with Gasteiger partial charge in [0, 0.05) is 15.9 Å². The van der Waals surface area contributed by atoms with Crippen molar-refractivity contribution in [1.29, 1.82) is 0 Å². The molecule has 0 amide bonds. The maximum Gasteiger partial charge on any atom is 0.0800 e. The molecule has 0 radical (unpaired) electrons. The SMILES string of the molecule is ONC1=CCCc2c1[nH]c1ccc(Cl)cc21. The Balaban J connectivity index is 2.30. The van der Waals surface area contributed by atoms with Gasteiger partial charge in [-0.25, -0.2) is 0 Å². The summed E-state index contributed by atoms with van der Waals surface area (Å²) in [5, 5.41) is 10.9. The highest BCUT2D eigenvalue weighted by Gasteiger charge is 2.17. The van der Waals surface area contributed by atoms with Gasteiger partial charge in [0.1, 0.15) is 0 Å². The molecule has 0 unspecified atom stereocenters. The number of benzene rings is 1. The third-order valence-electron chi connectivity index (χ3n) is 3.00. The van der Waals surface area contributed by atoms with E-state index in [4.69, 9.17) is 16.8 Å². The van der Waals surface area contributed by atoms with E-state index in [-0.39, 0.29) is 0 Å². The van der Waals surface area contributed by atoms with Crippen molar-refractivity contribution in [3.63, 3.8) is 0 Å². The van der Waals surface area contributed by atoms with Gasteiger partial charge in [0.15, 0.2) is 0 Å². The monoisotopic (exact) mass is 234 g/mol. The third kappa shape index (κ3) is 1.32. The zero-order valence-electron chi connectivity index (χ0n) is 8.55. The summed E-state index contributed by atoms with van der Waals surface area (Å²) in [7, 11) is 0. The predicted octanol–water partition coefficient (Wildman–Crippen LogP) is 3.09. The van der Waals surface area contributed by atoms with Crippen LogP contribution in [0.3, 0.4) is 0 Å². The van der Waals surface area contributed by atoms with Crippen LogP contribution in [0.15, 0.2) is 24.3 Å². The van der Waals surface area contributed by atoms with Crippen LogP contribution in [0.4, 0.5) is 0 Å². The van der Waals surface area contributed by atoms with E-state index < -0.39 is 0 Å². The number of H-pyrrole nitrogens is 1. The first-order chi connectivity index (χ1) is 7.79. The van der Waals surface area contributed by atoms with Crippen molar-refractivity contribution in [3.8, 4) is 0 Å². The minimum atomic E-state index is 0.738. The first-order valence-electron chi connectivity index (χ1n) is 5.20. The molecule has 0 bridgehead atoms. The molecule has 4 heteroatoms. The summed E-state index contributed by atoms with van der Waals surface area (Å²) in [5.74, 6) is 0. The fourth-order valence-electron chi connectivity index (χ4n) is 2.27. The summed E-state index contributed by atoms with van der Waals surface area (Å²) in [6, 6.07) is 5.79. The number of hydrogen-bond donors (Lipinski definition) is 3. The van der Waals surface area contributed by atoms with Gasteiger partial charge < -0.3 is 4.98 Å². The maximum absolute atomic E-state index is 9.05. The molecule has 82 valence electrons. The van der Waals surface area contributed by atoms with Crippen LogP contribution >= 0.6 is 11.6 Å². The van der Waals surface area contributed by atoms with Crippen molar-refractivity contribution < 1.29 is 5.21 Å². The standard InChI is InChI=1S/C12H11ClN2O/c13-7-4-5-10-9(6-7)8-2-1-3-11(15-16)12(8)14-10/h3-6,14-16H,1-2H2. The Bertz CT molecular complexity index is 586. The number of nitrogens with one attached hydrogen (secondary N) is 2. The fourth-order valence-corrected chi connectivity index (χ4v) is 2.45. The van der Waals surface area contributed by atoms with E-state index in [0.29, 0.717) is 0 Å². The lowest BCUT2D eigenvalue weighted by atomic mass is 9.99. The molecule has 1 aliphatic carbocycles. The Morgan fingerprint density at radius 2 is 2.25 bits per heavy atom. The zero-order valence-corrected chi connectivity index (χ0v) is 9.30. The van der Waals surface area contributed by atoms with E-state index >= 15 is 0 Å². The van der Waals surface area contributed by atoms with Crippen molar-refractivity contribution in [2.45, 2.75) is 12.8 Å². The molecule has 1 aliphatic rings. The molecule has 0 atom stereocenters. The maximum atomic E-state index is 9.05. The Morgan fingerprint density at radius 1 is 1.38 bits per heavy atom. The van der Waals surface area contributed by atoms with Crippen LogP contribution in [0.5, 0.6) is 0 Å². The molecule has 3 N–H and O–H groups in total. The van der Waals surface area contributed by atoms with E-state index in [2.05, 4.69) is 10.5 Å². The number of allylic oxidation sites excluding steroid dienone is 1. The second kappa shape index (κ2) is 3.54. The summed E-state index contributed by atoms with van der Waals surface area (Å²) in [5.41, 5.74) is 6.21. The number of aromatic nitrogens is 1. The Kier molecular flexibility index (Phi) is 2.16. The van der Waals surface area contributed by atoms with Crippen LogP contribution in [0.2, 0.25) is 5.02 Å². The summed E-state index contributed by atoms with van der Waals surface area (Å²) in [6.45, 7) is 0. The lowest BCUT2D eigenvalue weighted by Crippen LogP contribution is -2.10. The highest BCUT2D eigenvalue weighted by molar-refractivity contribution is 6.31. The Morgan fingerprint density at radius 3 is 3.06 bits per heavy atom. The molecule has 0 saturated carbocycles. The molecule has 3 nitrogen and oxygen atoms in total. The molecule has 1 heterocycles. The summed E-state index contributed by atoms with van der Waals surface area (Å²) >= 11 is 5.99. The van der Waals surface area contributed by atoms with E-state index in [0.717, 1.165) is 40.2 Å². The van der Waals surface area contributed by atoms with Crippen LogP contribution in [0.1, 0.15) is 17.7 Å². The minimum absolute atomic E-state index is 0.738. The predicted molar refractivity (Wildman–Crippen MR) is 64.5 cm³/mol. The smallest absolute Gasteiger partial charge is 0.0800 e. The highest BCUT2D eigenvalue weighted by atomic mass is 35.5. The molecule has 1 aromatic carbocycles. The van der Waals surface area contributed by atoms with Gasteiger partial charge in [0.05, 0.1) is 11.4 Å². The Labute approximate surface area is 97.7 Å². The molecule has 0 fully saturated rings. The number of halogens is 1. The second-order valence-corrected chi connectivity index (χ2v) is 4.37. The molecule has 1 aromatic heterocycles. The fraction of sp³-hybridized carbons (Fsp3) is 0.167. The molecule has 3 rings (SSSR count). The van der Waals surface area contributed by atoms with Crippen LogP contribution in [0.25, 0.3) is 16.6 Å². The second-order valence-electron chi connectivity index (χ2n) is 3.94. The number of aryl methyl sites for hydroxylation is 1. The summed E-state index contributed by atoms with van der Waals surface area (Å²) in [6.07, 6.45) is 3.88. The molecule has 0 spiro atoms. The summed E-state index contributed by atoms with van der Waals surface area (Å²) < 4.78 is 0. The summed E-state index contributed by atoms with van der Waals surface area (Å²) in [4.78, 5) is 3.29.